The first kappa shape index (κ1) is 20.6. The van der Waals surface area contributed by atoms with E-state index in [2.05, 4.69) is 24.3 Å². The number of benzene rings is 2. The lowest BCUT2D eigenvalue weighted by Gasteiger charge is -2.25. The Morgan fingerprint density at radius 3 is 2.36 bits per heavy atom. The molecule has 1 atom stereocenters. The summed E-state index contributed by atoms with van der Waals surface area (Å²) in [7, 11) is -3.28. The fraction of sp³-hybridized carbons (Fsp3) is 0.435. The van der Waals surface area contributed by atoms with Gasteiger partial charge in [0.05, 0.1) is 16.6 Å². The molecule has 1 fully saturated rings. The van der Waals surface area contributed by atoms with E-state index < -0.39 is 15.1 Å². The molecule has 1 amide bonds. The van der Waals surface area contributed by atoms with E-state index in [1.54, 1.807) is 38.1 Å². The maximum atomic E-state index is 12.9. The van der Waals surface area contributed by atoms with E-state index in [1.165, 1.54) is 5.56 Å². The predicted molar refractivity (Wildman–Crippen MR) is 112 cm³/mol. The van der Waals surface area contributed by atoms with Crippen molar-refractivity contribution >= 4 is 15.7 Å². The SMILES string of the molecule is CC(C)S(=O)(=O)c1ccc(CC(=O)N2CCCCC(c3ccccc3)C2)cc1. The van der Waals surface area contributed by atoms with Gasteiger partial charge >= 0.3 is 0 Å². The number of nitrogens with zero attached hydrogens (tertiary/aromatic N) is 1. The highest BCUT2D eigenvalue weighted by Crippen LogP contribution is 2.27. The van der Waals surface area contributed by atoms with E-state index in [4.69, 9.17) is 0 Å². The van der Waals surface area contributed by atoms with E-state index in [0.29, 0.717) is 17.2 Å². The highest BCUT2D eigenvalue weighted by atomic mass is 32.2. The third-order valence-electron chi connectivity index (χ3n) is 5.52. The summed E-state index contributed by atoms with van der Waals surface area (Å²) in [6.45, 7) is 4.90. The number of rotatable bonds is 5. The van der Waals surface area contributed by atoms with E-state index in [9.17, 15) is 13.2 Å². The lowest BCUT2D eigenvalue weighted by molar-refractivity contribution is -0.130. The molecule has 1 heterocycles. The summed E-state index contributed by atoms with van der Waals surface area (Å²) < 4.78 is 24.5. The zero-order chi connectivity index (χ0) is 20.1. The standard InChI is InChI=1S/C23H29NO3S/c1-18(2)28(26,27)22-13-11-19(12-14-22)16-23(25)24-15-7-6-10-21(17-24)20-8-4-3-5-9-20/h3-5,8-9,11-14,18,21H,6-7,10,15-17H2,1-2H3. The second-order valence-corrected chi connectivity index (χ2v) is 10.4. The maximum Gasteiger partial charge on any atom is 0.227 e. The smallest absolute Gasteiger partial charge is 0.227 e. The first-order valence-electron chi connectivity index (χ1n) is 10.0. The van der Waals surface area contributed by atoms with Gasteiger partial charge in [0.15, 0.2) is 9.84 Å². The largest absolute Gasteiger partial charge is 0.342 e. The fourth-order valence-electron chi connectivity index (χ4n) is 3.72. The number of carbonyl (C=O) groups excluding carboxylic acids is 1. The minimum Gasteiger partial charge on any atom is -0.342 e. The molecule has 3 rings (SSSR count). The Balaban J connectivity index is 1.68. The van der Waals surface area contributed by atoms with Gasteiger partial charge in [-0.2, -0.15) is 0 Å². The van der Waals surface area contributed by atoms with Crippen molar-refractivity contribution in [3.05, 3.63) is 65.7 Å². The van der Waals surface area contributed by atoms with E-state index in [-0.39, 0.29) is 5.91 Å². The summed E-state index contributed by atoms with van der Waals surface area (Å²) in [5.74, 6) is 0.494. The predicted octanol–water partition coefficient (Wildman–Crippen LogP) is 4.21. The second kappa shape index (κ2) is 8.91. The second-order valence-electron chi connectivity index (χ2n) is 7.86. The van der Waals surface area contributed by atoms with E-state index in [1.807, 2.05) is 11.0 Å². The first-order chi connectivity index (χ1) is 13.4. The Labute approximate surface area is 168 Å². The molecule has 28 heavy (non-hydrogen) atoms. The molecule has 1 aliphatic heterocycles. The zero-order valence-corrected chi connectivity index (χ0v) is 17.5. The minimum absolute atomic E-state index is 0.113. The summed E-state index contributed by atoms with van der Waals surface area (Å²) >= 11 is 0. The van der Waals surface area contributed by atoms with Crippen LogP contribution in [-0.4, -0.2) is 37.6 Å². The molecule has 5 heteroatoms. The van der Waals surface area contributed by atoms with Crippen LogP contribution >= 0.6 is 0 Å². The summed E-state index contributed by atoms with van der Waals surface area (Å²) in [5, 5.41) is -0.452. The fourth-order valence-corrected chi connectivity index (χ4v) is 4.78. The molecule has 0 bridgehead atoms. The Bertz CT molecular complexity index is 889. The first-order valence-corrected chi connectivity index (χ1v) is 11.6. The summed E-state index contributed by atoms with van der Waals surface area (Å²) in [4.78, 5) is 15.2. The van der Waals surface area contributed by atoms with Crippen molar-refractivity contribution < 1.29 is 13.2 Å². The molecule has 150 valence electrons. The quantitative estimate of drug-likeness (QED) is 0.757. The van der Waals surface area contributed by atoms with Crippen LogP contribution in [0.5, 0.6) is 0 Å². The molecule has 4 nitrogen and oxygen atoms in total. The molecule has 1 unspecified atom stereocenters. The molecule has 0 N–H and O–H groups in total. The van der Waals surface area contributed by atoms with Crippen molar-refractivity contribution in [3.63, 3.8) is 0 Å². The number of amides is 1. The van der Waals surface area contributed by atoms with Crippen molar-refractivity contribution in [2.24, 2.45) is 0 Å². The monoisotopic (exact) mass is 399 g/mol. The highest BCUT2D eigenvalue weighted by molar-refractivity contribution is 7.92. The van der Waals surface area contributed by atoms with Crippen LogP contribution in [0, 0.1) is 0 Å². The Morgan fingerprint density at radius 2 is 1.71 bits per heavy atom. The molecule has 0 aliphatic carbocycles. The van der Waals surface area contributed by atoms with Crippen LogP contribution in [0.2, 0.25) is 0 Å². The van der Waals surface area contributed by atoms with Crippen LogP contribution in [0.3, 0.4) is 0 Å². The lowest BCUT2D eigenvalue weighted by atomic mass is 9.94. The van der Waals surface area contributed by atoms with Crippen LogP contribution < -0.4 is 0 Å². The summed E-state index contributed by atoms with van der Waals surface area (Å²) in [5.41, 5.74) is 2.15. The molecule has 1 aliphatic rings. The van der Waals surface area contributed by atoms with E-state index in [0.717, 1.165) is 37.9 Å². The van der Waals surface area contributed by atoms with Crippen LogP contribution in [0.4, 0.5) is 0 Å². The molecular weight excluding hydrogens is 370 g/mol. The normalized spacial score (nSPS) is 18.1. The van der Waals surface area contributed by atoms with Gasteiger partial charge in [0.25, 0.3) is 0 Å². The number of sulfone groups is 1. The van der Waals surface area contributed by atoms with Gasteiger partial charge in [-0.15, -0.1) is 0 Å². The van der Waals surface area contributed by atoms with E-state index >= 15 is 0 Å². The van der Waals surface area contributed by atoms with Crippen LogP contribution in [0.1, 0.15) is 50.2 Å². The van der Waals surface area contributed by atoms with Crippen molar-refractivity contribution in [2.45, 2.75) is 55.6 Å². The average molecular weight is 400 g/mol. The van der Waals surface area contributed by atoms with Crippen molar-refractivity contribution in [1.29, 1.82) is 0 Å². The van der Waals surface area contributed by atoms with Gasteiger partial charge in [0, 0.05) is 19.0 Å². The van der Waals surface area contributed by atoms with Gasteiger partial charge in [0.2, 0.25) is 5.91 Å². The number of likely N-dealkylation sites (tertiary alicyclic amines) is 1. The van der Waals surface area contributed by atoms with Gasteiger partial charge in [-0.1, -0.05) is 48.9 Å². The lowest BCUT2D eigenvalue weighted by Crippen LogP contribution is -2.35. The molecule has 0 radical (unpaired) electrons. The number of hydrogen-bond donors (Lipinski definition) is 0. The molecule has 1 saturated heterocycles. The third kappa shape index (κ3) is 4.82. The van der Waals surface area contributed by atoms with Crippen LogP contribution in [-0.2, 0) is 21.1 Å². The van der Waals surface area contributed by atoms with Gasteiger partial charge < -0.3 is 4.90 Å². The van der Waals surface area contributed by atoms with Gasteiger partial charge in [-0.3, -0.25) is 4.79 Å². The maximum absolute atomic E-state index is 12.9. The van der Waals surface area contributed by atoms with Gasteiger partial charge in [0.1, 0.15) is 0 Å². The minimum atomic E-state index is -3.28. The Morgan fingerprint density at radius 1 is 1.04 bits per heavy atom. The number of carbonyl (C=O) groups is 1. The van der Waals surface area contributed by atoms with Crippen molar-refractivity contribution in [2.75, 3.05) is 13.1 Å². The molecule has 0 spiro atoms. The summed E-state index contributed by atoms with van der Waals surface area (Å²) in [6.07, 6.45) is 3.57. The molecular formula is C23H29NO3S. The van der Waals surface area contributed by atoms with Gasteiger partial charge in [-0.25, -0.2) is 8.42 Å². The molecule has 2 aromatic carbocycles. The summed E-state index contributed by atoms with van der Waals surface area (Å²) in [6, 6.07) is 17.2. The highest BCUT2D eigenvalue weighted by Gasteiger charge is 2.23. The van der Waals surface area contributed by atoms with Crippen LogP contribution in [0.25, 0.3) is 0 Å². The van der Waals surface area contributed by atoms with Crippen LogP contribution in [0.15, 0.2) is 59.5 Å². The molecule has 0 aromatic heterocycles. The van der Waals surface area contributed by atoms with Crippen molar-refractivity contribution in [1.82, 2.24) is 4.90 Å². The molecule has 2 aromatic rings. The Kier molecular flexibility index (Phi) is 6.55. The number of hydrogen-bond acceptors (Lipinski definition) is 3. The third-order valence-corrected chi connectivity index (χ3v) is 7.69. The van der Waals surface area contributed by atoms with Gasteiger partial charge in [-0.05, 0) is 49.9 Å². The zero-order valence-electron chi connectivity index (χ0n) is 16.7. The van der Waals surface area contributed by atoms with Crippen molar-refractivity contribution in [3.8, 4) is 0 Å². The Hall–Kier alpha value is -2.14. The molecule has 0 saturated carbocycles. The average Bonchev–Trinajstić information content (AvgIpc) is 2.95. The topological polar surface area (TPSA) is 54.5 Å².